The number of ether oxygens (including phenoxy) is 1. The molecule has 0 saturated carbocycles. The summed E-state index contributed by atoms with van der Waals surface area (Å²) in [5, 5.41) is 4.00. The number of amides is 2. The van der Waals surface area contributed by atoms with Crippen molar-refractivity contribution in [1.29, 1.82) is 0 Å². The first-order chi connectivity index (χ1) is 18.4. The predicted molar refractivity (Wildman–Crippen MR) is 135 cm³/mol. The van der Waals surface area contributed by atoms with E-state index in [0.717, 1.165) is 0 Å². The van der Waals surface area contributed by atoms with Gasteiger partial charge in [0, 0.05) is 37.4 Å². The number of halogens is 5. The number of nitrogens with zero attached hydrogens (tertiary/aromatic N) is 3. The van der Waals surface area contributed by atoms with Crippen LogP contribution < -0.4 is 0 Å². The highest BCUT2D eigenvalue weighted by Crippen LogP contribution is 2.39. The lowest BCUT2D eigenvalue weighted by Crippen LogP contribution is -2.48. The van der Waals surface area contributed by atoms with Gasteiger partial charge in [0.15, 0.2) is 0 Å². The summed E-state index contributed by atoms with van der Waals surface area (Å²) in [6, 6.07) is 10.0. The second-order valence-corrected chi connectivity index (χ2v) is 11.0. The van der Waals surface area contributed by atoms with Crippen molar-refractivity contribution in [3.05, 3.63) is 70.2 Å². The smallest absolute Gasteiger partial charge is 0.441 e. The maximum Gasteiger partial charge on any atom is 0.446 e. The molecule has 0 radical (unpaired) electrons. The Morgan fingerprint density at radius 2 is 1.85 bits per heavy atom. The number of hydrogen-bond acceptors (Lipinski definition) is 6. The van der Waals surface area contributed by atoms with Crippen LogP contribution in [0.5, 0.6) is 0 Å². The van der Waals surface area contributed by atoms with Gasteiger partial charge in [-0.15, -0.1) is 0 Å². The summed E-state index contributed by atoms with van der Waals surface area (Å²) in [5.41, 5.74) is -4.36. The first-order valence-corrected chi connectivity index (χ1v) is 13.2. The molecule has 0 atom stereocenters. The number of alkyl halides is 3. The van der Waals surface area contributed by atoms with Gasteiger partial charge in [-0.25, -0.2) is 9.18 Å². The molecular weight excluding hydrogens is 562 g/mol. The van der Waals surface area contributed by atoms with E-state index in [4.69, 9.17) is 20.9 Å². The number of benzene rings is 2. The van der Waals surface area contributed by atoms with Crippen LogP contribution in [-0.2, 0) is 11.3 Å². The minimum atomic E-state index is -4.37. The highest BCUT2D eigenvalue weighted by molar-refractivity contribution is 8.00. The van der Waals surface area contributed by atoms with Gasteiger partial charge in [0.05, 0.1) is 17.1 Å². The molecule has 2 aliphatic heterocycles. The molecule has 0 bridgehead atoms. The molecule has 2 fully saturated rings. The Labute approximate surface area is 230 Å². The molecule has 7 nitrogen and oxygen atoms in total. The van der Waals surface area contributed by atoms with Gasteiger partial charge < -0.3 is 14.2 Å². The van der Waals surface area contributed by atoms with Crippen molar-refractivity contribution < 1.29 is 36.4 Å². The Balaban J connectivity index is 1.24. The summed E-state index contributed by atoms with van der Waals surface area (Å²) in [5.74, 6) is -0.794. The molecule has 2 saturated heterocycles. The molecule has 2 amide bonds. The van der Waals surface area contributed by atoms with Gasteiger partial charge in [0.2, 0.25) is 0 Å². The Morgan fingerprint density at radius 1 is 1.15 bits per heavy atom. The number of piperidine rings is 1. The SMILES string of the molecule is Cc1onc(-c2c(F)cccc2Cl)c1C(=O)N1CCC2(CC1)CN(Cc1ccc(SC(F)(F)F)cc1)C(=O)O2. The topological polar surface area (TPSA) is 75.9 Å². The molecule has 39 heavy (non-hydrogen) atoms. The number of aromatic nitrogens is 1. The lowest BCUT2D eigenvalue weighted by atomic mass is 9.90. The maximum atomic E-state index is 14.6. The standard InChI is InChI=1S/C26H22ClF4N3O4S/c1-15-20(22(32-38-15)21-18(27)3-2-4-19(21)28)23(35)33-11-9-25(10-12-33)14-34(24(36)37-25)13-16-5-7-17(8-6-16)39-26(29,30)31/h2-8H,9-14H2,1H3. The van der Waals surface area contributed by atoms with Crippen LogP contribution in [0, 0.1) is 12.7 Å². The average Bonchev–Trinajstić information content (AvgIpc) is 3.38. The van der Waals surface area contributed by atoms with Crippen LogP contribution in [0.2, 0.25) is 5.02 Å². The van der Waals surface area contributed by atoms with E-state index in [0.29, 0.717) is 18.4 Å². The van der Waals surface area contributed by atoms with Gasteiger partial charge in [0.25, 0.3) is 5.91 Å². The normalized spacial score (nSPS) is 17.1. The molecule has 1 aromatic heterocycles. The van der Waals surface area contributed by atoms with E-state index in [1.165, 1.54) is 35.2 Å². The highest BCUT2D eigenvalue weighted by atomic mass is 35.5. The van der Waals surface area contributed by atoms with Crippen molar-refractivity contribution in [3.8, 4) is 11.3 Å². The maximum absolute atomic E-state index is 14.6. The number of aryl methyl sites for hydroxylation is 1. The highest BCUT2D eigenvalue weighted by Gasteiger charge is 2.48. The van der Waals surface area contributed by atoms with Crippen molar-refractivity contribution in [1.82, 2.24) is 15.0 Å². The number of carbonyl (C=O) groups excluding carboxylic acids is 2. The quantitative estimate of drug-likeness (QED) is 0.246. The molecule has 5 rings (SSSR count). The van der Waals surface area contributed by atoms with Crippen molar-refractivity contribution in [2.24, 2.45) is 0 Å². The van der Waals surface area contributed by atoms with Crippen LogP contribution in [0.1, 0.15) is 34.5 Å². The van der Waals surface area contributed by atoms with Crippen LogP contribution in [0.15, 0.2) is 51.9 Å². The Kier molecular flexibility index (Phi) is 7.27. The number of hydrogen-bond donors (Lipinski definition) is 0. The summed E-state index contributed by atoms with van der Waals surface area (Å²) < 4.78 is 63.2. The van der Waals surface area contributed by atoms with Crippen LogP contribution in [0.25, 0.3) is 11.3 Å². The number of rotatable bonds is 5. The molecule has 2 aliphatic rings. The largest absolute Gasteiger partial charge is 0.446 e. The van der Waals surface area contributed by atoms with Crippen molar-refractivity contribution >= 4 is 35.4 Å². The molecule has 0 N–H and O–H groups in total. The van der Waals surface area contributed by atoms with Crippen molar-refractivity contribution in [2.75, 3.05) is 19.6 Å². The molecule has 1 spiro atoms. The van der Waals surface area contributed by atoms with E-state index >= 15 is 0 Å². The third kappa shape index (κ3) is 5.72. The summed E-state index contributed by atoms with van der Waals surface area (Å²) >= 11 is 5.99. The molecule has 3 aromatic rings. The van der Waals surface area contributed by atoms with E-state index in [2.05, 4.69) is 5.16 Å². The van der Waals surface area contributed by atoms with E-state index in [9.17, 15) is 27.2 Å². The monoisotopic (exact) mass is 583 g/mol. The molecule has 13 heteroatoms. The van der Waals surface area contributed by atoms with Crippen LogP contribution >= 0.6 is 23.4 Å². The first kappa shape index (κ1) is 27.3. The molecule has 3 heterocycles. The zero-order valence-corrected chi connectivity index (χ0v) is 22.1. The molecular formula is C26H22ClF4N3O4S. The van der Waals surface area contributed by atoms with Crippen LogP contribution in [-0.4, -0.2) is 57.7 Å². The number of thioether (sulfide) groups is 1. The fraction of sp³-hybridized carbons (Fsp3) is 0.346. The Morgan fingerprint density at radius 3 is 2.49 bits per heavy atom. The zero-order chi connectivity index (χ0) is 27.9. The van der Waals surface area contributed by atoms with Crippen LogP contribution in [0.3, 0.4) is 0 Å². The lowest BCUT2D eigenvalue weighted by molar-refractivity contribution is -0.0328. The van der Waals surface area contributed by atoms with Gasteiger partial charge in [-0.3, -0.25) is 9.69 Å². The van der Waals surface area contributed by atoms with Gasteiger partial charge in [-0.2, -0.15) is 13.2 Å². The van der Waals surface area contributed by atoms with E-state index in [1.807, 2.05) is 0 Å². The van der Waals surface area contributed by atoms with E-state index < -0.39 is 28.9 Å². The third-order valence-electron chi connectivity index (χ3n) is 6.81. The fourth-order valence-electron chi connectivity index (χ4n) is 4.89. The summed E-state index contributed by atoms with van der Waals surface area (Å²) in [7, 11) is 0. The van der Waals surface area contributed by atoms with Gasteiger partial charge in [-0.1, -0.05) is 35.0 Å². The summed E-state index contributed by atoms with van der Waals surface area (Å²) in [6.45, 7) is 2.59. The molecule has 0 unspecified atom stereocenters. The molecule has 206 valence electrons. The third-order valence-corrected chi connectivity index (χ3v) is 7.86. The number of likely N-dealkylation sites (tertiary alicyclic amines) is 1. The van der Waals surface area contributed by atoms with E-state index in [1.54, 1.807) is 24.0 Å². The average molecular weight is 584 g/mol. The Bertz CT molecular complexity index is 1380. The molecule has 2 aromatic carbocycles. The van der Waals surface area contributed by atoms with Crippen molar-refractivity contribution in [3.63, 3.8) is 0 Å². The minimum Gasteiger partial charge on any atom is -0.441 e. The Hall–Kier alpha value is -3.25. The summed E-state index contributed by atoms with van der Waals surface area (Å²) in [4.78, 5) is 29.2. The van der Waals surface area contributed by atoms with Crippen molar-refractivity contribution in [2.45, 2.75) is 42.3 Å². The lowest BCUT2D eigenvalue weighted by Gasteiger charge is -2.37. The van der Waals surface area contributed by atoms with Gasteiger partial charge in [0.1, 0.15) is 28.4 Å². The molecule has 0 aliphatic carbocycles. The summed E-state index contributed by atoms with van der Waals surface area (Å²) in [6.07, 6.45) is 0.236. The zero-order valence-electron chi connectivity index (χ0n) is 20.6. The van der Waals surface area contributed by atoms with Crippen LogP contribution in [0.4, 0.5) is 22.4 Å². The predicted octanol–water partition coefficient (Wildman–Crippen LogP) is 6.68. The van der Waals surface area contributed by atoms with Gasteiger partial charge in [-0.05, 0) is 48.5 Å². The second-order valence-electron chi connectivity index (χ2n) is 9.45. The first-order valence-electron chi connectivity index (χ1n) is 12.0. The fourth-order valence-corrected chi connectivity index (χ4v) is 5.68. The van der Waals surface area contributed by atoms with E-state index in [-0.39, 0.29) is 70.4 Å². The second kappa shape index (κ2) is 10.4. The minimum absolute atomic E-state index is 0.0155. The van der Waals surface area contributed by atoms with Gasteiger partial charge >= 0.3 is 11.6 Å². The number of carbonyl (C=O) groups is 2.